The van der Waals surface area contributed by atoms with E-state index in [2.05, 4.69) is 36.1 Å². The first-order chi connectivity index (χ1) is 12.7. The van der Waals surface area contributed by atoms with Crippen molar-refractivity contribution in [2.75, 3.05) is 13.1 Å². The molecule has 1 aromatic carbocycles. The van der Waals surface area contributed by atoms with E-state index in [0.717, 1.165) is 26.1 Å². The van der Waals surface area contributed by atoms with Crippen molar-refractivity contribution in [3.05, 3.63) is 35.9 Å². The number of carboxylic acids is 1. The Morgan fingerprint density at radius 1 is 0.808 bits per heavy atom. The molecule has 1 aromatic rings. The summed E-state index contributed by atoms with van der Waals surface area (Å²) in [5.41, 5.74) is 1.31. The predicted octanol–water partition coefficient (Wildman–Crippen LogP) is 6.27. The smallest absolute Gasteiger partial charge is 0.303 e. The molecule has 0 saturated carbocycles. The molecule has 1 N–H and O–H groups in total. The molecule has 0 aliphatic heterocycles. The van der Waals surface area contributed by atoms with Gasteiger partial charge < -0.3 is 5.11 Å². The second-order valence-electron chi connectivity index (χ2n) is 7.44. The van der Waals surface area contributed by atoms with Gasteiger partial charge in [0, 0.05) is 13.0 Å². The molecule has 148 valence electrons. The van der Waals surface area contributed by atoms with Crippen molar-refractivity contribution in [3.8, 4) is 0 Å². The molecule has 0 radical (unpaired) electrons. The topological polar surface area (TPSA) is 40.5 Å². The lowest BCUT2D eigenvalue weighted by atomic mass is 10.1. The molecule has 0 aliphatic rings. The summed E-state index contributed by atoms with van der Waals surface area (Å²) in [4.78, 5) is 13.2. The quantitative estimate of drug-likeness (QED) is 0.332. The number of unbranched alkanes of at least 4 members (excludes halogenated alkanes) is 9. The number of carboxylic acid groups (broad SMARTS) is 1. The van der Waals surface area contributed by atoms with Gasteiger partial charge in [0.1, 0.15) is 0 Å². The van der Waals surface area contributed by atoms with Crippen molar-refractivity contribution in [1.29, 1.82) is 0 Å². The van der Waals surface area contributed by atoms with Gasteiger partial charge in [-0.3, -0.25) is 9.69 Å². The van der Waals surface area contributed by atoms with Crippen molar-refractivity contribution in [2.24, 2.45) is 0 Å². The monoisotopic (exact) mass is 361 g/mol. The average Bonchev–Trinajstić information content (AvgIpc) is 2.63. The van der Waals surface area contributed by atoms with Crippen LogP contribution >= 0.6 is 0 Å². The SMILES string of the molecule is CCCCCCCCCCCCN(CCCC(=O)O)Cc1ccccc1. The number of aliphatic carboxylic acids is 1. The van der Waals surface area contributed by atoms with Crippen LogP contribution in [0.2, 0.25) is 0 Å². The molecule has 0 aliphatic carbocycles. The Morgan fingerprint density at radius 2 is 1.35 bits per heavy atom. The summed E-state index contributed by atoms with van der Waals surface area (Å²) in [5, 5.41) is 8.86. The van der Waals surface area contributed by atoms with Crippen LogP contribution in [0.4, 0.5) is 0 Å². The molecule has 0 bridgehead atoms. The maximum Gasteiger partial charge on any atom is 0.303 e. The minimum Gasteiger partial charge on any atom is -0.481 e. The third kappa shape index (κ3) is 12.9. The molecule has 3 nitrogen and oxygen atoms in total. The van der Waals surface area contributed by atoms with Crippen LogP contribution in [0.1, 0.15) is 89.5 Å². The van der Waals surface area contributed by atoms with E-state index >= 15 is 0 Å². The van der Waals surface area contributed by atoms with Crippen LogP contribution in [-0.2, 0) is 11.3 Å². The fourth-order valence-corrected chi connectivity index (χ4v) is 3.39. The molecule has 0 amide bonds. The number of hydrogen-bond donors (Lipinski definition) is 1. The van der Waals surface area contributed by atoms with Gasteiger partial charge in [0.2, 0.25) is 0 Å². The van der Waals surface area contributed by atoms with Gasteiger partial charge in [0.25, 0.3) is 0 Å². The van der Waals surface area contributed by atoms with Crippen molar-refractivity contribution in [1.82, 2.24) is 4.90 Å². The van der Waals surface area contributed by atoms with Crippen molar-refractivity contribution in [2.45, 2.75) is 90.5 Å². The molecule has 0 aromatic heterocycles. The first-order valence-electron chi connectivity index (χ1n) is 10.7. The zero-order valence-corrected chi connectivity index (χ0v) is 16.8. The lowest BCUT2D eigenvalue weighted by Crippen LogP contribution is -2.26. The first kappa shape index (κ1) is 22.7. The summed E-state index contributed by atoms with van der Waals surface area (Å²) < 4.78 is 0. The minimum atomic E-state index is -0.691. The molecule has 0 atom stereocenters. The normalized spacial score (nSPS) is 11.2. The minimum absolute atomic E-state index is 0.267. The standard InChI is InChI=1S/C23H39NO2/c1-2-3-4-5-6-7-8-9-10-14-19-24(20-15-18-23(25)26)21-22-16-12-11-13-17-22/h11-13,16-17H,2-10,14-15,18-21H2,1H3,(H,25,26). The highest BCUT2D eigenvalue weighted by atomic mass is 16.4. The Bertz CT molecular complexity index is 447. The van der Waals surface area contributed by atoms with E-state index in [9.17, 15) is 4.79 Å². The maximum atomic E-state index is 10.8. The van der Waals surface area contributed by atoms with E-state index in [-0.39, 0.29) is 6.42 Å². The summed E-state index contributed by atoms with van der Waals surface area (Å²) in [6.45, 7) is 5.14. The van der Waals surface area contributed by atoms with E-state index in [0.29, 0.717) is 0 Å². The van der Waals surface area contributed by atoms with E-state index in [1.165, 1.54) is 69.8 Å². The van der Waals surface area contributed by atoms with E-state index < -0.39 is 5.97 Å². The molecule has 0 unspecified atom stereocenters. The Morgan fingerprint density at radius 3 is 1.92 bits per heavy atom. The van der Waals surface area contributed by atoms with E-state index in [4.69, 9.17) is 5.11 Å². The Hall–Kier alpha value is -1.35. The van der Waals surface area contributed by atoms with Crippen molar-refractivity contribution in [3.63, 3.8) is 0 Å². The molecule has 0 fully saturated rings. The lowest BCUT2D eigenvalue weighted by molar-refractivity contribution is -0.137. The van der Waals surface area contributed by atoms with Crippen LogP contribution in [0.25, 0.3) is 0 Å². The third-order valence-corrected chi connectivity index (χ3v) is 4.94. The molecule has 0 saturated heterocycles. The van der Waals surface area contributed by atoms with Crippen molar-refractivity contribution >= 4 is 5.97 Å². The third-order valence-electron chi connectivity index (χ3n) is 4.94. The first-order valence-corrected chi connectivity index (χ1v) is 10.7. The van der Waals surface area contributed by atoms with Gasteiger partial charge in [-0.05, 0) is 31.5 Å². The van der Waals surface area contributed by atoms with Gasteiger partial charge in [-0.25, -0.2) is 0 Å². The summed E-state index contributed by atoms with van der Waals surface area (Å²) in [7, 11) is 0. The Kier molecular flexibility index (Phi) is 13.8. The average molecular weight is 362 g/mol. The van der Waals surface area contributed by atoms with Crippen LogP contribution in [0.3, 0.4) is 0 Å². The predicted molar refractivity (Wildman–Crippen MR) is 110 cm³/mol. The van der Waals surface area contributed by atoms with Gasteiger partial charge in [0.05, 0.1) is 0 Å². The van der Waals surface area contributed by atoms with Crippen LogP contribution in [0.5, 0.6) is 0 Å². The van der Waals surface area contributed by atoms with Gasteiger partial charge in [-0.15, -0.1) is 0 Å². The largest absolute Gasteiger partial charge is 0.481 e. The van der Waals surface area contributed by atoms with Crippen LogP contribution in [-0.4, -0.2) is 29.1 Å². The number of hydrogen-bond acceptors (Lipinski definition) is 2. The highest BCUT2D eigenvalue weighted by Crippen LogP contribution is 2.12. The molecule has 1 rings (SSSR count). The Labute approximate surface area is 160 Å². The molecule has 0 heterocycles. The summed E-state index contributed by atoms with van der Waals surface area (Å²) in [6, 6.07) is 10.5. The van der Waals surface area contributed by atoms with Gasteiger partial charge in [-0.1, -0.05) is 95.0 Å². The summed E-state index contributed by atoms with van der Waals surface area (Å²) in [6.07, 6.45) is 14.5. The number of rotatable bonds is 17. The highest BCUT2D eigenvalue weighted by molar-refractivity contribution is 5.66. The van der Waals surface area contributed by atoms with Crippen molar-refractivity contribution < 1.29 is 9.90 Å². The molecule has 0 spiro atoms. The fourth-order valence-electron chi connectivity index (χ4n) is 3.39. The second-order valence-corrected chi connectivity index (χ2v) is 7.44. The summed E-state index contributed by atoms with van der Waals surface area (Å²) >= 11 is 0. The molecule has 26 heavy (non-hydrogen) atoms. The van der Waals surface area contributed by atoms with Gasteiger partial charge >= 0.3 is 5.97 Å². The second kappa shape index (κ2) is 15.9. The summed E-state index contributed by atoms with van der Waals surface area (Å²) in [5.74, 6) is -0.691. The zero-order chi connectivity index (χ0) is 18.9. The highest BCUT2D eigenvalue weighted by Gasteiger charge is 2.07. The molecular weight excluding hydrogens is 322 g/mol. The van der Waals surface area contributed by atoms with Crippen LogP contribution in [0, 0.1) is 0 Å². The maximum absolute atomic E-state index is 10.8. The molecular formula is C23H39NO2. The van der Waals surface area contributed by atoms with E-state index in [1.807, 2.05) is 6.07 Å². The van der Waals surface area contributed by atoms with Gasteiger partial charge in [0.15, 0.2) is 0 Å². The van der Waals surface area contributed by atoms with Crippen LogP contribution in [0.15, 0.2) is 30.3 Å². The fraction of sp³-hybridized carbons (Fsp3) is 0.696. The number of benzene rings is 1. The van der Waals surface area contributed by atoms with Crippen LogP contribution < -0.4 is 0 Å². The zero-order valence-electron chi connectivity index (χ0n) is 16.8. The van der Waals surface area contributed by atoms with E-state index in [1.54, 1.807) is 0 Å². The number of carbonyl (C=O) groups is 1. The molecule has 3 heteroatoms. The number of nitrogens with zero attached hydrogens (tertiary/aromatic N) is 1. The lowest BCUT2D eigenvalue weighted by Gasteiger charge is -2.22. The Balaban J connectivity index is 2.16. The van der Waals surface area contributed by atoms with Gasteiger partial charge in [-0.2, -0.15) is 0 Å².